The number of pyridine rings is 1. The Kier molecular flexibility index (Phi) is 5.45. The van der Waals surface area contributed by atoms with Crippen LogP contribution in [0, 0.1) is 0 Å². The minimum atomic E-state index is -1.23. The van der Waals surface area contributed by atoms with Gasteiger partial charge in [0, 0.05) is 21.9 Å². The number of aromatic nitrogens is 1. The summed E-state index contributed by atoms with van der Waals surface area (Å²) in [4.78, 5) is 4.91. The molecule has 2 N–H and O–H groups in total. The monoisotopic (exact) mass is 480 g/mol. The summed E-state index contributed by atoms with van der Waals surface area (Å²) in [6.45, 7) is 0.640. The highest BCUT2D eigenvalue weighted by Crippen LogP contribution is 2.51. The molecule has 2 heterocycles. The number of nitrogens with zero attached hydrogens (tertiary/aromatic N) is 1. The van der Waals surface area contributed by atoms with Crippen LogP contribution in [0.5, 0.6) is 11.6 Å². The van der Waals surface area contributed by atoms with E-state index >= 15 is 0 Å². The minimum absolute atomic E-state index is 0.415. The zero-order valence-electron chi connectivity index (χ0n) is 19.3. The van der Waals surface area contributed by atoms with E-state index in [1.807, 2.05) is 67.7 Å². The summed E-state index contributed by atoms with van der Waals surface area (Å²) in [7, 11) is 1.91. The summed E-state index contributed by atoms with van der Waals surface area (Å²) in [5.41, 5.74) is 2.25. The predicted molar refractivity (Wildman–Crippen MR) is 142 cm³/mol. The highest BCUT2D eigenvalue weighted by Gasteiger charge is 2.44. The van der Waals surface area contributed by atoms with Gasteiger partial charge in [0.15, 0.2) is 0 Å². The molecule has 0 saturated carbocycles. The highest BCUT2D eigenvalue weighted by molar-refractivity contribution is 6.31. The van der Waals surface area contributed by atoms with Crippen LogP contribution in [0.15, 0.2) is 91.0 Å². The number of halogens is 1. The molecule has 1 aromatic heterocycles. The summed E-state index contributed by atoms with van der Waals surface area (Å²) < 4.78 is 6.47. The van der Waals surface area contributed by atoms with Crippen LogP contribution in [0.25, 0.3) is 21.7 Å². The zero-order chi connectivity index (χ0) is 24.0. The Bertz CT molecular complexity index is 1550. The second kappa shape index (κ2) is 8.65. The molecule has 0 aliphatic carbocycles. The van der Waals surface area contributed by atoms with Crippen molar-refractivity contribution in [2.75, 3.05) is 13.6 Å². The molecule has 0 fully saturated rings. The van der Waals surface area contributed by atoms with E-state index in [4.69, 9.17) is 21.3 Å². The van der Waals surface area contributed by atoms with Crippen LogP contribution in [0.1, 0.15) is 29.0 Å². The van der Waals surface area contributed by atoms with Crippen LogP contribution < -0.4 is 10.1 Å². The zero-order valence-corrected chi connectivity index (χ0v) is 20.1. The van der Waals surface area contributed by atoms with Gasteiger partial charge in [-0.25, -0.2) is 4.98 Å². The van der Waals surface area contributed by atoms with Gasteiger partial charge < -0.3 is 15.2 Å². The molecule has 2 atom stereocenters. The predicted octanol–water partition coefficient (Wildman–Crippen LogP) is 6.78. The fourth-order valence-corrected chi connectivity index (χ4v) is 5.54. The molecule has 1 aliphatic heterocycles. The second-order valence-corrected chi connectivity index (χ2v) is 9.57. The second-order valence-electron chi connectivity index (χ2n) is 9.14. The maximum Gasteiger partial charge on any atom is 0.223 e. The first kappa shape index (κ1) is 22.1. The smallest absolute Gasteiger partial charge is 0.223 e. The average molecular weight is 481 g/mol. The van der Waals surface area contributed by atoms with Gasteiger partial charge in [-0.05, 0) is 78.3 Å². The van der Waals surface area contributed by atoms with Gasteiger partial charge in [0.05, 0.1) is 5.52 Å². The Hall–Kier alpha value is -3.44. The van der Waals surface area contributed by atoms with Gasteiger partial charge >= 0.3 is 0 Å². The van der Waals surface area contributed by atoms with Crippen LogP contribution in [0.4, 0.5) is 0 Å². The first-order valence-electron chi connectivity index (χ1n) is 11.8. The Morgan fingerprint density at radius 1 is 0.943 bits per heavy atom. The van der Waals surface area contributed by atoms with Crippen LogP contribution in [0.2, 0.25) is 5.02 Å². The van der Waals surface area contributed by atoms with Gasteiger partial charge in [-0.15, -0.1) is 0 Å². The van der Waals surface area contributed by atoms with Crippen molar-refractivity contribution in [3.63, 3.8) is 0 Å². The number of rotatable bonds is 4. The first-order valence-corrected chi connectivity index (χ1v) is 12.2. The Morgan fingerprint density at radius 3 is 2.57 bits per heavy atom. The third kappa shape index (κ3) is 3.75. The molecule has 5 heteroatoms. The lowest BCUT2D eigenvalue weighted by molar-refractivity contribution is 0.0110. The summed E-state index contributed by atoms with van der Waals surface area (Å²) in [6.07, 6.45) is 0.504. The molecule has 4 aromatic carbocycles. The minimum Gasteiger partial charge on any atom is -0.439 e. The van der Waals surface area contributed by atoms with Gasteiger partial charge in [0.2, 0.25) is 5.88 Å². The first-order chi connectivity index (χ1) is 17.1. The van der Waals surface area contributed by atoms with Crippen molar-refractivity contribution in [2.24, 2.45) is 0 Å². The largest absolute Gasteiger partial charge is 0.439 e. The molecular weight excluding hydrogens is 456 g/mol. The Morgan fingerprint density at radius 2 is 1.74 bits per heavy atom. The number of nitrogens with one attached hydrogen (secondary N) is 1. The quantitative estimate of drug-likeness (QED) is 0.298. The van der Waals surface area contributed by atoms with Crippen molar-refractivity contribution in [3.05, 3.63) is 113 Å². The van der Waals surface area contributed by atoms with Crippen molar-refractivity contribution >= 4 is 33.3 Å². The van der Waals surface area contributed by atoms with Gasteiger partial charge in [0.1, 0.15) is 11.4 Å². The molecule has 0 saturated heterocycles. The lowest BCUT2D eigenvalue weighted by Gasteiger charge is -2.40. The molecule has 1 aliphatic rings. The van der Waals surface area contributed by atoms with E-state index in [2.05, 4.69) is 35.6 Å². The molecule has 35 heavy (non-hydrogen) atoms. The number of benzene rings is 4. The van der Waals surface area contributed by atoms with Crippen LogP contribution in [-0.2, 0) is 5.60 Å². The van der Waals surface area contributed by atoms with E-state index in [9.17, 15) is 5.11 Å². The van der Waals surface area contributed by atoms with Crippen molar-refractivity contribution in [3.8, 4) is 11.6 Å². The van der Waals surface area contributed by atoms with E-state index in [1.165, 1.54) is 0 Å². The lowest BCUT2D eigenvalue weighted by atomic mass is 9.70. The fourth-order valence-electron chi connectivity index (χ4n) is 5.35. The molecule has 4 nitrogen and oxygen atoms in total. The third-order valence-corrected chi connectivity index (χ3v) is 7.20. The molecule has 2 bridgehead atoms. The fraction of sp³-hybridized carbons (Fsp3) is 0.167. The molecule has 0 radical (unpaired) electrons. The normalized spacial score (nSPS) is 19.1. The molecular formula is C30H25ClN2O2. The van der Waals surface area contributed by atoms with E-state index in [0.717, 1.165) is 38.4 Å². The number of aliphatic hydroxyl groups is 1. The van der Waals surface area contributed by atoms with Gasteiger partial charge in [-0.3, -0.25) is 0 Å². The van der Waals surface area contributed by atoms with Gasteiger partial charge in [-0.1, -0.05) is 66.2 Å². The lowest BCUT2D eigenvalue weighted by Crippen LogP contribution is -2.38. The molecule has 174 valence electrons. The van der Waals surface area contributed by atoms with Crippen molar-refractivity contribution < 1.29 is 9.84 Å². The average Bonchev–Trinajstić information content (AvgIpc) is 2.87. The summed E-state index contributed by atoms with van der Waals surface area (Å²) in [5.74, 6) is 0.745. The van der Waals surface area contributed by atoms with E-state index < -0.39 is 11.5 Å². The summed E-state index contributed by atoms with van der Waals surface area (Å²) >= 11 is 6.34. The van der Waals surface area contributed by atoms with Crippen molar-refractivity contribution in [1.82, 2.24) is 10.3 Å². The Balaban J connectivity index is 1.73. The third-order valence-electron chi connectivity index (χ3n) is 6.96. The number of ether oxygens (including phenoxy) is 1. The topological polar surface area (TPSA) is 54.4 Å². The van der Waals surface area contributed by atoms with E-state index in [1.54, 1.807) is 0 Å². The van der Waals surface area contributed by atoms with Crippen LogP contribution in [-0.4, -0.2) is 23.7 Å². The molecule has 0 amide bonds. The van der Waals surface area contributed by atoms with E-state index in [0.29, 0.717) is 29.6 Å². The molecule has 0 spiro atoms. The maximum absolute atomic E-state index is 12.8. The number of hydrogen-bond acceptors (Lipinski definition) is 4. The number of fused-ring (bicyclic) bond motifs is 6. The maximum atomic E-state index is 12.8. The summed E-state index contributed by atoms with van der Waals surface area (Å²) in [5, 5.41) is 19.6. The van der Waals surface area contributed by atoms with Crippen LogP contribution in [0.3, 0.4) is 0 Å². The van der Waals surface area contributed by atoms with E-state index in [-0.39, 0.29) is 0 Å². The van der Waals surface area contributed by atoms with Crippen LogP contribution >= 0.6 is 11.6 Å². The van der Waals surface area contributed by atoms with Gasteiger partial charge in [0.25, 0.3) is 0 Å². The van der Waals surface area contributed by atoms with Crippen molar-refractivity contribution in [1.29, 1.82) is 0 Å². The standard InChI is InChI=1S/C30H25ClN2O2/c1-32-14-13-30(34)26-18-23(16-20-9-5-6-10-24(20)26)35-29-25(28(30)19-7-3-2-4-8-19)17-21-15-22(31)11-12-27(21)33-29/h2-12,15-18,28,32,34H,13-14H2,1H3/t28-,30+/m1/s1. The number of hydrogen-bond donors (Lipinski definition) is 2. The summed E-state index contributed by atoms with van der Waals surface area (Å²) in [6, 6.07) is 30.0. The SMILES string of the molecule is CNCC[C@]1(O)c2cc(cc3ccccc23)Oc2nc3ccc(Cl)cc3cc2[C@H]1c1ccccc1. The van der Waals surface area contributed by atoms with Gasteiger partial charge in [-0.2, -0.15) is 0 Å². The van der Waals surface area contributed by atoms with Crippen molar-refractivity contribution in [2.45, 2.75) is 17.9 Å². The highest BCUT2D eigenvalue weighted by atomic mass is 35.5. The Labute approximate surface area is 209 Å². The molecule has 5 aromatic rings. The molecule has 0 unspecified atom stereocenters. The molecule has 6 rings (SSSR count).